The van der Waals surface area contributed by atoms with Crippen LogP contribution in [0.25, 0.3) is 0 Å². The second-order valence-electron chi connectivity index (χ2n) is 2.14. The van der Waals surface area contributed by atoms with Gasteiger partial charge in [-0.2, -0.15) is 0 Å². The molecular weight excluding hydrogens is 203 g/mol. The van der Waals surface area contributed by atoms with E-state index in [4.69, 9.17) is 11.6 Å². The van der Waals surface area contributed by atoms with Crippen LogP contribution in [0.1, 0.15) is 4.88 Å². The highest BCUT2D eigenvalue weighted by molar-refractivity contribution is 7.15. The van der Waals surface area contributed by atoms with Crippen molar-refractivity contribution in [1.29, 1.82) is 0 Å². The maximum absolute atomic E-state index is 5.60. The van der Waals surface area contributed by atoms with Crippen LogP contribution in [0.5, 0.6) is 0 Å². The summed E-state index contributed by atoms with van der Waals surface area (Å²) in [6.45, 7) is 0. The first-order valence-corrected chi connectivity index (χ1v) is 4.27. The van der Waals surface area contributed by atoms with Gasteiger partial charge in [0.15, 0.2) is 5.13 Å². The molecule has 0 bridgehead atoms. The van der Waals surface area contributed by atoms with Gasteiger partial charge < -0.3 is 4.90 Å². The SMILES string of the molecule is CN(C)c1ncc(CCl)s1.Cl. The maximum atomic E-state index is 5.60. The van der Waals surface area contributed by atoms with E-state index in [-0.39, 0.29) is 12.4 Å². The summed E-state index contributed by atoms with van der Waals surface area (Å²) in [5, 5.41) is 1.01. The molecule has 0 atom stereocenters. The predicted molar refractivity (Wildman–Crippen MR) is 53.2 cm³/mol. The minimum atomic E-state index is 0. The Balaban J connectivity index is 0.000001000. The van der Waals surface area contributed by atoms with E-state index in [9.17, 15) is 0 Å². The van der Waals surface area contributed by atoms with Crippen LogP contribution >= 0.6 is 35.3 Å². The molecule has 1 aromatic rings. The second-order valence-corrected chi connectivity index (χ2v) is 3.50. The van der Waals surface area contributed by atoms with E-state index < -0.39 is 0 Å². The molecule has 0 fully saturated rings. The van der Waals surface area contributed by atoms with Gasteiger partial charge in [-0.05, 0) is 0 Å². The van der Waals surface area contributed by atoms with Gasteiger partial charge in [0.2, 0.25) is 0 Å². The van der Waals surface area contributed by atoms with Crippen molar-refractivity contribution in [3.8, 4) is 0 Å². The summed E-state index contributed by atoms with van der Waals surface area (Å²) >= 11 is 7.22. The van der Waals surface area contributed by atoms with Crippen molar-refractivity contribution in [3.05, 3.63) is 11.1 Å². The zero-order valence-electron chi connectivity index (χ0n) is 6.37. The predicted octanol–water partition coefficient (Wildman–Crippen LogP) is 2.37. The molecule has 0 amide bonds. The molecule has 0 aromatic carbocycles. The third kappa shape index (κ3) is 2.85. The number of alkyl halides is 1. The van der Waals surface area contributed by atoms with Crippen molar-refractivity contribution in [1.82, 2.24) is 4.98 Å². The minimum Gasteiger partial charge on any atom is -0.354 e. The lowest BCUT2D eigenvalue weighted by Crippen LogP contribution is -2.07. The highest BCUT2D eigenvalue weighted by Gasteiger charge is 2.00. The summed E-state index contributed by atoms with van der Waals surface area (Å²) in [7, 11) is 3.94. The topological polar surface area (TPSA) is 16.1 Å². The van der Waals surface area contributed by atoms with Crippen LogP contribution < -0.4 is 4.90 Å². The first kappa shape index (κ1) is 11.0. The monoisotopic (exact) mass is 212 g/mol. The molecular formula is C6H10Cl2N2S. The molecule has 0 aliphatic rings. The number of hydrogen-bond donors (Lipinski definition) is 0. The molecule has 11 heavy (non-hydrogen) atoms. The van der Waals surface area contributed by atoms with E-state index >= 15 is 0 Å². The molecule has 0 aliphatic heterocycles. The van der Waals surface area contributed by atoms with E-state index in [0.717, 1.165) is 10.0 Å². The number of aromatic nitrogens is 1. The molecule has 5 heteroatoms. The summed E-state index contributed by atoms with van der Waals surface area (Å²) in [5.74, 6) is 0.561. The van der Waals surface area contributed by atoms with Crippen LogP contribution in [0.4, 0.5) is 5.13 Å². The lowest BCUT2D eigenvalue weighted by molar-refractivity contribution is 1.10. The molecule has 0 unspecified atom stereocenters. The van der Waals surface area contributed by atoms with Gasteiger partial charge >= 0.3 is 0 Å². The average molecular weight is 213 g/mol. The first-order valence-electron chi connectivity index (χ1n) is 2.92. The van der Waals surface area contributed by atoms with Crippen molar-refractivity contribution in [3.63, 3.8) is 0 Å². The van der Waals surface area contributed by atoms with Crippen molar-refractivity contribution in [2.24, 2.45) is 0 Å². The van der Waals surface area contributed by atoms with E-state index in [2.05, 4.69) is 4.98 Å². The smallest absolute Gasteiger partial charge is 0.185 e. The number of halogens is 2. The van der Waals surface area contributed by atoms with Gasteiger partial charge in [-0.25, -0.2) is 4.98 Å². The molecule has 0 aliphatic carbocycles. The Kier molecular flexibility index (Phi) is 4.81. The van der Waals surface area contributed by atoms with Gasteiger partial charge in [-0.1, -0.05) is 0 Å². The summed E-state index contributed by atoms with van der Waals surface area (Å²) in [4.78, 5) is 7.24. The Labute approximate surface area is 81.6 Å². The third-order valence-electron chi connectivity index (χ3n) is 1.06. The molecule has 1 aromatic heterocycles. The Hall–Kier alpha value is 0.01000. The molecule has 0 saturated carbocycles. The standard InChI is InChI=1S/C6H9ClN2S.ClH/c1-9(2)6-8-4-5(3-7)10-6;/h4H,3H2,1-2H3;1H. The molecule has 0 radical (unpaired) electrons. The third-order valence-corrected chi connectivity index (χ3v) is 2.67. The summed E-state index contributed by atoms with van der Waals surface area (Å²) < 4.78 is 0. The summed E-state index contributed by atoms with van der Waals surface area (Å²) in [6, 6.07) is 0. The van der Waals surface area contributed by atoms with Crippen LogP contribution in [0, 0.1) is 0 Å². The highest BCUT2D eigenvalue weighted by Crippen LogP contribution is 2.21. The fourth-order valence-electron chi connectivity index (χ4n) is 0.566. The van der Waals surface area contributed by atoms with E-state index in [1.807, 2.05) is 25.2 Å². The normalized spacial score (nSPS) is 9.00. The van der Waals surface area contributed by atoms with Crippen LogP contribution in [0.15, 0.2) is 6.20 Å². The van der Waals surface area contributed by atoms with Crippen molar-refractivity contribution in [2.75, 3.05) is 19.0 Å². The fraction of sp³-hybridized carbons (Fsp3) is 0.500. The zero-order chi connectivity index (χ0) is 7.56. The largest absolute Gasteiger partial charge is 0.354 e. The lowest BCUT2D eigenvalue weighted by atomic mass is 10.6. The van der Waals surface area contributed by atoms with E-state index in [1.165, 1.54) is 0 Å². The molecule has 0 spiro atoms. The number of thiazole rings is 1. The van der Waals surface area contributed by atoms with E-state index in [1.54, 1.807) is 11.3 Å². The molecule has 1 rings (SSSR count). The zero-order valence-corrected chi connectivity index (χ0v) is 8.76. The van der Waals surface area contributed by atoms with E-state index in [0.29, 0.717) is 5.88 Å². The minimum absolute atomic E-state index is 0. The molecule has 0 saturated heterocycles. The maximum Gasteiger partial charge on any atom is 0.185 e. The Morgan fingerprint density at radius 2 is 2.27 bits per heavy atom. The van der Waals surface area contributed by atoms with Crippen LogP contribution in [-0.2, 0) is 5.88 Å². The fourth-order valence-corrected chi connectivity index (χ4v) is 1.48. The molecule has 64 valence electrons. The molecule has 1 heterocycles. The number of rotatable bonds is 2. The second kappa shape index (κ2) is 4.80. The van der Waals surface area contributed by atoms with Gasteiger partial charge in [0.05, 0.1) is 5.88 Å². The number of nitrogens with zero attached hydrogens (tertiary/aromatic N) is 2. The molecule has 0 N–H and O–H groups in total. The van der Waals surface area contributed by atoms with Crippen LogP contribution in [0.3, 0.4) is 0 Å². The van der Waals surface area contributed by atoms with Crippen molar-refractivity contribution >= 4 is 40.5 Å². The van der Waals surface area contributed by atoms with Gasteiger partial charge in [0.25, 0.3) is 0 Å². The van der Waals surface area contributed by atoms with Crippen LogP contribution in [0.2, 0.25) is 0 Å². The quantitative estimate of drug-likeness (QED) is 0.701. The first-order chi connectivity index (χ1) is 4.74. The van der Waals surface area contributed by atoms with Crippen molar-refractivity contribution < 1.29 is 0 Å². The number of anilines is 1. The molecule has 2 nitrogen and oxygen atoms in total. The summed E-state index contributed by atoms with van der Waals surface area (Å²) in [5.41, 5.74) is 0. The Bertz CT molecular complexity index is 212. The highest BCUT2D eigenvalue weighted by atomic mass is 35.5. The van der Waals surface area contributed by atoms with Gasteiger partial charge in [-0.3, -0.25) is 0 Å². The Morgan fingerprint density at radius 3 is 2.55 bits per heavy atom. The van der Waals surface area contributed by atoms with Crippen molar-refractivity contribution in [2.45, 2.75) is 5.88 Å². The average Bonchev–Trinajstić information content (AvgIpc) is 2.34. The van der Waals surface area contributed by atoms with Gasteiger partial charge in [-0.15, -0.1) is 35.3 Å². The van der Waals surface area contributed by atoms with Crippen LogP contribution in [-0.4, -0.2) is 19.1 Å². The Morgan fingerprint density at radius 1 is 1.64 bits per heavy atom. The number of hydrogen-bond acceptors (Lipinski definition) is 3. The van der Waals surface area contributed by atoms with Gasteiger partial charge in [0.1, 0.15) is 0 Å². The summed E-state index contributed by atoms with van der Waals surface area (Å²) in [6.07, 6.45) is 1.81. The van der Waals surface area contributed by atoms with Gasteiger partial charge in [0, 0.05) is 25.2 Å². The lowest BCUT2D eigenvalue weighted by Gasteiger charge is -2.04.